The van der Waals surface area contributed by atoms with Crippen molar-refractivity contribution in [2.24, 2.45) is 5.92 Å². The van der Waals surface area contributed by atoms with Gasteiger partial charge in [0.05, 0.1) is 11.3 Å². The number of carbonyl (C=O) groups is 1. The standard InChI is InChI=1S/C13H16ClNO3/c14-10-3-4-12(11(6-10)13(17)18)15-5-1-2-9(7-15)8-16/h3-4,6,9,16H,1-2,5,7-8H2,(H,17,18). The molecule has 1 saturated heterocycles. The second-order valence-corrected chi connectivity index (χ2v) is 5.04. The van der Waals surface area contributed by atoms with Gasteiger partial charge in [0.2, 0.25) is 0 Å². The highest BCUT2D eigenvalue weighted by Gasteiger charge is 2.23. The zero-order valence-corrected chi connectivity index (χ0v) is 10.7. The van der Waals surface area contributed by atoms with Gasteiger partial charge >= 0.3 is 5.97 Å². The SMILES string of the molecule is O=C(O)c1cc(Cl)ccc1N1CCCC(CO)C1. The summed E-state index contributed by atoms with van der Waals surface area (Å²) in [5.41, 5.74) is 0.908. The lowest BCUT2D eigenvalue weighted by molar-refractivity contribution is 0.0697. The van der Waals surface area contributed by atoms with Crippen molar-refractivity contribution < 1.29 is 15.0 Å². The molecule has 1 aromatic rings. The summed E-state index contributed by atoms with van der Waals surface area (Å²) in [6.45, 7) is 1.66. The molecular weight excluding hydrogens is 254 g/mol. The van der Waals surface area contributed by atoms with Crippen LogP contribution >= 0.6 is 11.6 Å². The van der Waals surface area contributed by atoms with Crippen LogP contribution in [0.5, 0.6) is 0 Å². The van der Waals surface area contributed by atoms with Crippen LogP contribution in [0.1, 0.15) is 23.2 Å². The average Bonchev–Trinajstić information content (AvgIpc) is 2.38. The fourth-order valence-electron chi connectivity index (χ4n) is 2.39. The summed E-state index contributed by atoms with van der Waals surface area (Å²) in [6.07, 6.45) is 1.95. The number of benzene rings is 1. The molecule has 1 atom stereocenters. The maximum absolute atomic E-state index is 11.2. The van der Waals surface area contributed by atoms with E-state index >= 15 is 0 Å². The molecule has 1 fully saturated rings. The van der Waals surface area contributed by atoms with Crippen molar-refractivity contribution in [1.29, 1.82) is 0 Å². The van der Waals surface area contributed by atoms with E-state index in [-0.39, 0.29) is 18.1 Å². The van der Waals surface area contributed by atoms with Gasteiger partial charge in [0, 0.05) is 24.7 Å². The Bertz CT molecular complexity index is 450. The van der Waals surface area contributed by atoms with E-state index in [9.17, 15) is 15.0 Å². The smallest absolute Gasteiger partial charge is 0.337 e. The highest BCUT2D eigenvalue weighted by atomic mass is 35.5. The second-order valence-electron chi connectivity index (χ2n) is 4.60. The number of hydrogen-bond acceptors (Lipinski definition) is 3. The molecule has 0 amide bonds. The molecule has 1 aromatic carbocycles. The molecule has 0 aliphatic carbocycles. The number of aliphatic hydroxyl groups is 1. The fraction of sp³-hybridized carbons (Fsp3) is 0.462. The number of rotatable bonds is 3. The van der Waals surface area contributed by atoms with Crippen LogP contribution in [-0.4, -0.2) is 35.9 Å². The number of aromatic carboxylic acids is 1. The molecule has 5 heteroatoms. The molecule has 18 heavy (non-hydrogen) atoms. The Morgan fingerprint density at radius 1 is 1.50 bits per heavy atom. The molecular formula is C13H16ClNO3. The van der Waals surface area contributed by atoms with Gasteiger partial charge in [-0.25, -0.2) is 4.79 Å². The highest BCUT2D eigenvalue weighted by Crippen LogP contribution is 2.28. The number of halogens is 1. The van der Waals surface area contributed by atoms with Gasteiger partial charge in [-0.2, -0.15) is 0 Å². The number of carboxylic acid groups (broad SMARTS) is 1. The van der Waals surface area contributed by atoms with Gasteiger partial charge in [0.15, 0.2) is 0 Å². The molecule has 98 valence electrons. The molecule has 0 bridgehead atoms. The van der Waals surface area contributed by atoms with E-state index in [0.29, 0.717) is 17.3 Å². The number of carboxylic acids is 1. The van der Waals surface area contributed by atoms with E-state index in [4.69, 9.17) is 11.6 Å². The first kappa shape index (κ1) is 13.2. The van der Waals surface area contributed by atoms with Crippen molar-refractivity contribution in [3.8, 4) is 0 Å². The van der Waals surface area contributed by atoms with Crippen LogP contribution in [0.2, 0.25) is 5.02 Å². The van der Waals surface area contributed by atoms with Gasteiger partial charge < -0.3 is 15.1 Å². The molecule has 0 spiro atoms. The van der Waals surface area contributed by atoms with E-state index in [1.807, 2.05) is 4.90 Å². The predicted molar refractivity (Wildman–Crippen MR) is 70.4 cm³/mol. The Kier molecular flexibility index (Phi) is 4.09. The van der Waals surface area contributed by atoms with Gasteiger partial charge in [-0.3, -0.25) is 0 Å². The maximum atomic E-state index is 11.2. The van der Waals surface area contributed by atoms with Crippen LogP contribution in [0.15, 0.2) is 18.2 Å². The molecule has 0 aromatic heterocycles. The summed E-state index contributed by atoms with van der Waals surface area (Å²) in [7, 11) is 0. The van der Waals surface area contributed by atoms with Crippen molar-refractivity contribution in [3.05, 3.63) is 28.8 Å². The first-order valence-electron chi connectivity index (χ1n) is 6.00. The van der Waals surface area contributed by atoms with E-state index in [2.05, 4.69) is 0 Å². The topological polar surface area (TPSA) is 60.8 Å². The first-order valence-corrected chi connectivity index (χ1v) is 6.38. The molecule has 2 N–H and O–H groups in total. The van der Waals surface area contributed by atoms with Crippen molar-refractivity contribution in [3.63, 3.8) is 0 Å². The lowest BCUT2D eigenvalue weighted by atomic mass is 9.97. The molecule has 1 heterocycles. The van der Waals surface area contributed by atoms with Crippen molar-refractivity contribution in [1.82, 2.24) is 0 Å². The normalized spacial score (nSPS) is 19.9. The quantitative estimate of drug-likeness (QED) is 0.884. The summed E-state index contributed by atoms with van der Waals surface area (Å²) in [6, 6.07) is 4.92. The van der Waals surface area contributed by atoms with Crippen molar-refractivity contribution in [2.75, 3.05) is 24.6 Å². The minimum absolute atomic E-state index is 0.145. The van der Waals surface area contributed by atoms with Crippen molar-refractivity contribution >= 4 is 23.3 Å². The van der Waals surface area contributed by atoms with Crippen molar-refractivity contribution in [2.45, 2.75) is 12.8 Å². The molecule has 1 unspecified atom stereocenters. The predicted octanol–water partition coefficient (Wildman–Crippen LogP) is 2.25. The Balaban J connectivity index is 2.29. The van der Waals surface area contributed by atoms with Gasteiger partial charge in [-0.1, -0.05) is 11.6 Å². The van der Waals surface area contributed by atoms with Crippen LogP contribution in [0, 0.1) is 5.92 Å². The third-order valence-corrected chi connectivity index (χ3v) is 3.54. The Labute approximate surface area is 111 Å². The Morgan fingerprint density at radius 2 is 2.28 bits per heavy atom. The highest BCUT2D eigenvalue weighted by molar-refractivity contribution is 6.31. The lowest BCUT2D eigenvalue weighted by Crippen LogP contribution is -2.37. The first-order chi connectivity index (χ1) is 8.61. The zero-order valence-electron chi connectivity index (χ0n) is 9.97. The zero-order chi connectivity index (χ0) is 13.1. The number of piperidine rings is 1. The molecule has 0 saturated carbocycles. The second kappa shape index (κ2) is 5.59. The lowest BCUT2D eigenvalue weighted by Gasteiger charge is -2.34. The summed E-state index contributed by atoms with van der Waals surface area (Å²) in [5.74, 6) is -0.755. The van der Waals surface area contributed by atoms with E-state index in [1.165, 1.54) is 6.07 Å². The molecule has 1 aliphatic heterocycles. The molecule has 1 aliphatic rings. The van der Waals surface area contributed by atoms with Gasteiger partial charge in [0.25, 0.3) is 0 Å². The Hall–Kier alpha value is -1.26. The van der Waals surface area contributed by atoms with Crippen LogP contribution < -0.4 is 4.90 Å². The number of aliphatic hydroxyl groups excluding tert-OH is 1. The summed E-state index contributed by atoms with van der Waals surface area (Å²) in [4.78, 5) is 13.3. The summed E-state index contributed by atoms with van der Waals surface area (Å²) in [5, 5.41) is 18.8. The largest absolute Gasteiger partial charge is 0.478 e. The third kappa shape index (κ3) is 2.76. The minimum Gasteiger partial charge on any atom is -0.478 e. The van der Waals surface area contributed by atoms with Gasteiger partial charge in [0.1, 0.15) is 0 Å². The minimum atomic E-state index is -0.973. The molecule has 4 nitrogen and oxygen atoms in total. The van der Waals surface area contributed by atoms with E-state index in [1.54, 1.807) is 12.1 Å². The van der Waals surface area contributed by atoms with Crippen LogP contribution in [0.25, 0.3) is 0 Å². The van der Waals surface area contributed by atoms with Gasteiger partial charge in [-0.15, -0.1) is 0 Å². The monoisotopic (exact) mass is 269 g/mol. The van der Waals surface area contributed by atoms with E-state index < -0.39 is 5.97 Å². The number of anilines is 1. The van der Waals surface area contributed by atoms with Crippen LogP contribution in [0.4, 0.5) is 5.69 Å². The summed E-state index contributed by atoms with van der Waals surface area (Å²) >= 11 is 5.83. The summed E-state index contributed by atoms with van der Waals surface area (Å²) < 4.78 is 0. The molecule has 2 rings (SSSR count). The maximum Gasteiger partial charge on any atom is 0.337 e. The number of hydrogen-bond donors (Lipinski definition) is 2. The van der Waals surface area contributed by atoms with Gasteiger partial charge in [-0.05, 0) is 37.0 Å². The van der Waals surface area contributed by atoms with E-state index in [0.717, 1.165) is 19.4 Å². The fourth-order valence-corrected chi connectivity index (χ4v) is 2.56. The number of nitrogens with zero attached hydrogens (tertiary/aromatic N) is 1. The Morgan fingerprint density at radius 3 is 2.94 bits per heavy atom. The third-order valence-electron chi connectivity index (χ3n) is 3.31. The van der Waals surface area contributed by atoms with Crippen LogP contribution in [-0.2, 0) is 0 Å². The average molecular weight is 270 g/mol. The molecule has 0 radical (unpaired) electrons. The van der Waals surface area contributed by atoms with Crippen LogP contribution in [0.3, 0.4) is 0 Å².